The van der Waals surface area contributed by atoms with Crippen molar-refractivity contribution in [3.05, 3.63) is 54.1 Å². The van der Waals surface area contributed by atoms with Crippen LogP contribution in [0.3, 0.4) is 0 Å². The van der Waals surface area contributed by atoms with Gasteiger partial charge in [0, 0.05) is 23.6 Å². The van der Waals surface area contributed by atoms with Crippen molar-refractivity contribution in [2.24, 2.45) is 0 Å². The molecule has 0 saturated carbocycles. The summed E-state index contributed by atoms with van der Waals surface area (Å²) < 4.78 is 30.2. The molecule has 0 bridgehead atoms. The van der Waals surface area contributed by atoms with Gasteiger partial charge >= 0.3 is 0 Å². The number of thioether (sulfide) groups is 1. The van der Waals surface area contributed by atoms with E-state index in [1.807, 2.05) is 0 Å². The van der Waals surface area contributed by atoms with E-state index in [9.17, 15) is 13.6 Å². The van der Waals surface area contributed by atoms with Crippen LogP contribution in [0.5, 0.6) is 0 Å². The number of ether oxygens (including phenoxy) is 1. The highest BCUT2D eigenvalue weighted by atomic mass is 32.2. The zero-order valence-corrected chi connectivity index (χ0v) is 15.3. The first-order valence-corrected chi connectivity index (χ1v) is 9.48. The van der Waals surface area contributed by atoms with E-state index in [1.165, 1.54) is 0 Å². The number of para-hydroxylation sites is 1. The fraction of sp³-hybridized carbons (Fsp3) is 0.316. The SMILES string of the molecule is O=C(NOC1CCCCO1)c1ccccc1Nc1ccc(SC(F)F)cc1. The number of anilines is 2. The average molecular weight is 394 g/mol. The van der Waals surface area contributed by atoms with Gasteiger partial charge in [-0.25, -0.2) is 10.3 Å². The van der Waals surface area contributed by atoms with Gasteiger partial charge < -0.3 is 10.1 Å². The summed E-state index contributed by atoms with van der Waals surface area (Å²) in [6.45, 7) is 0.624. The summed E-state index contributed by atoms with van der Waals surface area (Å²) in [5, 5.41) is 3.13. The Bertz CT molecular complexity index is 753. The van der Waals surface area contributed by atoms with Crippen molar-refractivity contribution < 1.29 is 23.1 Å². The van der Waals surface area contributed by atoms with E-state index >= 15 is 0 Å². The Balaban J connectivity index is 1.63. The van der Waals surface area contributed by atoms with Gasteiger partial charge in [-0.05, 0) is 49.2 Å². The summed E-state index contributed by atoms with van der Waals surface area (Å²) in [6, 6.07) is 13.6. The van der Waals surface area contributed by atoms with Crippen LogP contribution in [-0.4, -0.2) is 24.6 Å². The molecule has 8 heteroatoms. The molecule has 144 valence electrons. The molecule has 1 heterocycles. The van der Waals surface area contributed by atoms with Gasteiger partial charge in [0.15, 0.2) is 6.29 Å². The molecule has 1 atom stereocenters. The number of benzene rings is 2. The summed E-state index contributed by atoms with van der Waals surface area (Å²) in [4.78, 5) is 18.3. The Morgan fingerprint density at radius 1 is 1.15 bits per heavy atom. The molecule has 0 aliphatic carbocycles. The highest BCUT2D eigenvalue weighted by Crippen LogP contribution is 2.28. The Kier molecular flexibility index (Phi) is 7.03. The molecule has 2 aromatic carbocycles. The fourth-order valence-corrected chi connectivity index (χ4v) is 3.14. The van der Waals surface area contributed by atoms with Crippen molar-refractivity contribution in [2.45, 2.75) is 36.2 Å². The second kappa shape index (κ2) is 9.68. The van der Waals surface area contributed by atoms with Gasteiger partial charge in [-0.1, -0.05) is 23.9 Å². The number of amides is 1. The van der Waals surface area contributed by atoms with Crippen molar-refractivity contribution >= 4 is 29.0 Å². The number of hydroxylamine groups is 1. The topological polar surface area (TPSA) is 59.6 Å². The molecule has 1 aliphatic heterocycles. The zero-order chi connectivity index (χ0) is 19.1. The lowest BCUT2D eigenvalue weighted by molar-refractivity contribution is -0.186. The van der Waals surface area contributed by atoms with Gasteiger partial charge in [-0.3, -0.25) is 4.79 Å². The largest absolute Gasteiger partial charge is 0.355 e. The van der Waals surface area contributed by atoms with Crippen LogP contribution in [0.25, 0.3) is 0 Å². The van der Waals surface area contributed by atoms with Gasteiger partial charge in [-0.15, -0.1) is 0 Å². The van der Waals surface area contributed by atoms with Crippen molar-refractivity contribution in [2.75, 3.05) is 11.9 Å². The summed E-state index contributed by atoms with van der Waals surface area (Å²) in [5.41, 5.74) is 4.10. The molecule has 0 spiro atoms. The standard InChI is InChI=1S/C19H20F2N2O3S/c20-19(21)27-14-10-8-13(9-11-14)22-16-6-2-1-5-15(16)18(24)23-26-17-7-3-4-12-25-17/h1-2,5-6,8-11,17,19,22H,3-4,7,12H2,(H,23,24). The predicted octanol–water partition coefficient (Wildman–Crippen LogP) is 4.93. The first-order valence-electron chi connectivity index (χ1n) is 8.60. The molecule has 5 nitrogen and oxygen atoms in total. The summed E-state index contributed by atoms with van der Waals surface area (Å²) >= 11 is 0.488. The van der Waals surface area contributed by atoms with E-state index in [0.29, 0.717) is 40.2 Å². The molecule has 2 N–H and O–H groups in total. The number of carbonyl (C=O) groups excluding carboxylic acids is 1. The molecule has 2 aromatic rings. The summed E-state index contributed by atoms with van der Waals surface area (Å²) in [7, 11) is 0. The Morgan fingerprint density at radius 2 is 1.93 bits per heavy atom. The highest BCUT2D eigenvalue weighted by molar-refractivity contribution is 7.99. The Labute approximate surface area is 160 Å². The van der Waals surface area contributed by atoms with E-state index in [2.05, 4.69) is 10.8 Å². The highest BCUT2D eigenvalue weighted by Gasteiger charge is 2.17. The normalized spacial score (nSPS) is 16.9. The second-order valence-corrected chi connectivity index (χ2v) is 6.98. The fourth-order valence-electron chi connectivity index (χ4n) is 2.64. The summed E-state index contributed by atoms with van der Waals surface area (Å²) in [5.74, 6) is -2.85. The third-order valence-electron chi connectivity index (χ3n) is 3.95. The minimum Gasteiger partial charge on any atom is -0.355 e. The number of halogens is 2. The van der Waals surface area contributed by atoms with E-state index in [1.54, 1.807) is 48.5 Å². The van der Waals surface area contributed by atoms with Crippen LogP contribution in [0, 0.1) is 0 Å². The van der Waals surface area contributed by atoms with Gasteiger partial charge in [0.1, 0.15) is 0 Å². The summed E-state index contributed by atoms with van der Waals surface area (Å²) in [6.07, 6.45) is 2.30. The first-order chi connectivity index (χ1) is 13.1. The van der Waals surface area contributed by atoms with Crippen LogP contribution in [0.15, 0.2) is 53.4 Å². The third-order valence-corrected chi connectivity index (χ3v) is 4.67. The van der Waals surface area contributed by atoms with Crippen LogP contribution in [0.1, 0.15) is 29.6 Å². The molecule has 0 aromatic heterocycles. The van der Waals surface area contributed by atoms with Gasteiger partial charge in [0.2, 0.25) is 0 Å². The number of alkyl halides is 2. The predicted molar refractivity (Wildman–Crippen MR) is 100 cm³/mol. The molecule has 3 rings (SSSR count). The maximum Gasteiger partial charge on any atom is 0.288 e. The first kappa shape index (κ1) is 19.6. The maximum absolute atomic E-state index is 12.5. The monoisotopic (exact) mass is 394 g/mol. The maximum atomic E-state index is 12.5. The third kappa shape index (κ3) is 5.92. The molecule has 1 fully saturated rings. The van der Waals surface area contributed by atoms with Crippen molar-refractivity contribution in [3.8, 4) is 0 Å². The van der Waals surface area contributed by atoms with Crippen LogP contribution >= 0.6 is 11.8 Å². The lowest BCUT2D eigenvalue weighted by Crippen LogP contribution is -2.33. The van der Waals surface area contributed by atoms with E-state index in [0.717, 1.165) is 19.3 Å². The van der Waals surface area contributed by atoms with Crippen molar-refractivity contribution in [1.29, 1.82) is 0 Å². The molecular weight excluding hydrogens is 374 g/mol. The number of nitrogens with one attached hydrogen (secondary N) is 2. The number of hydrogen-bond donors (Lipinski definition) is 2. The number of rotatable bonds is 7. The zero-order valence-electron chi connectivity index (χ0n) is 14.5. The molecule has 1 aliphatic rings. The second-order valence-electron chi connectivity index (χ2n) is 5.92. The molecular formula is C19H20F2N2O3S. The van der Waals surface area contributed by atoms with Crippen LogP contribution in [0.4, 0.5) is 20.2 Å². The molecule has 0 radical (unpaired) electrons. The van der Waals surface area contributed by atoms with Crippen LogP contribution < -0.4 is 10.8 Å². The Morgan fingerprint density at radius 3 is 2.63 bits per heavy atom. The molecule has 27 heavy (non-hydrogen) atoms. The minimum absolute atomic E-state index is 0.392. The molecule has 1 saturated heterocycles. The molecule has 1 unspecified atom stereocenters. The molecule has 1 amide bonds. The lowest BCUT2D eigenvalue weighted by atomic mass is 10.1. The van der Waals surface area contributed by atoms with Gasteiger partial charge in [-0.2, -0.15) is 8.78 Å². The Hall–Kier alpha value is -2.16. The lowest BCUT2D eigenvalue weighted by Gasteiger charge is -2.22. The minimum atomic E-state index is -2.46. The quantitative estimate of drug-likeness (QED) is 0.515. The smallest absolute Gasteiger partial charge is 0.288 e. The van der Waals surface area contributed by atoms with Crippen molar-refractivity contribution in [3.63, 3.8) is 0 Å². The van der Waals surface area contributed by atoms with Gasteiger partial charge in [0.05, 0.1) is 11.3 Å². The van der Waals surface area contributed by atoms with Crippen molar-refractivity contribution in [1.82, 2.24) is 5.48 Å². The van der Waals surface area contributed by atoms with Gasteiger partial charge in [0.25, 0.3) is 11.7 Å². The average Bonchev–Trinajstić information content (AvgIpc) is 2.68. The van der Waals surface area contributed by atoms with E-state index < -0.39 is 18.0 Å². The van der Waals surface area contributed by atoms with Crippen LogP contribution in [-0.2, 0) is 9.57 Å². The van der Waals surface area contributed by atoms with E-state index in [4.69, 9.17) is 9.57 Å². The number of hydrogen-bond acceptors (Lipinski definition) is 5. The number of carbonyl (C=O) groups is 1. The van der Waals surface area contributed by atoms with E-state index in [-0.39, 0.29) is 0 Å². The van der Waals surface area contributed by atoms with Crippen LogP contribution in [0.2, 0.25) is 0 Å².